The van der Waals surface area contributed by atoms with Crippen LogP contribution in [-0.2, 0) is 13.1 Å². The molecule has 1 saturated heterocycles. The Morgan fingerprint density at radius 3 is 2.63 bits per heavy atom. The number of aromatic hydroxyl groups is 1. The normalized spacial score (nSPS) is 19.6. The Labute approximate surface area is 210 Å². The van der Waals surface area contributed by atoms with E-state index in [1.165, 1.54) is 0 Å². The third-order valence-corrected chi connectivity index (χ3v) is 7.91. The van der Waals surface area contributed by atoms with Crippen LogP contribution in [0.3, 0.4) is 0 Å². The van der Waals surface area contributed by atoms with Gasteiger partial charge in [-0.1, -0.05) is 34.1 Å². The number of fused-ring (bicyclic) bond motifs is 5. The molecule has 7 heteroatoms. The fraction of sp³-hybridized carbons (Fsp3) is 0.286. The molecular weight excluding hydrogens is 508 g/mol. The minimum Gasteiger partial charge on any atom is -0.507 e. The molecule has 1 fully saturated rings. The van der Waals surface area contributed by atoms with E-state index in [0.29, 0.717) is 46.9 Å². The predicted octanol–water partition coefficient (Wildman–Crippen LogP) is 5.02. The Bertz CT molecular complexity index is 1570. The number of nitrogens with zero attached hydrogens (tertiary/aromatic N) is 2. The van der Waals surface area contributed by atoms with E-state index in [9.17, 15) is 14.7 Å². The Morgan fingerprint density at radius 2 is 1.83 bits per heavy atom. The number of aryl methyl sites for hydroxylation is 1. The maximum atomic E-state index is 13.5. The van der Waals surface area contributed by atoms with Crippen LogP contribution in [0.5, 0.6) is 5.75 Å². The first kappa shape index (κ1) is 22.3. The summed E-state index contributed by atoms with van der Waals surface area (Å²) in [4.78, 5) is 28.2. The van der Waals surface area contributed by atoms with E-state index in [0.717, 1.165) is 35.2 Å². The van der Waals surface area contributed by atoms with Crippen molar-refractivity contribution in [3.63, 3.8) is 0 Å². The zero-order valence-electron chi connectivity index (χ0n) is 19.3. The second-order valence-electron chi connectivity index (χ2n) is 9.70. The summed E-state index contributed by atoms with van der Waals surface area (Å²) in [5.74, 6) is 1.30. The Morgan fingerprint density at radius 1 is 1.03 bits per heavy atom. The highest BCUT2D eigenvalue weighted by atomic mass is 79.9. The molecule has 0 unspecified atom stereocenters. The third kappa shape index (κ3) is 3.83. The second kappa shape index (κ2) is 8.50. The van der Waals surface area contributed by atoms with E-state index < -0.39 is 0 Å². The molecule has 2 aromatic carbocycles. The number of hydrogen-bond acceptors (Lipinski definition) is 5. The summed E-state index contributed by atoms with van der Waals surface area (Å²) in [5.41, 5.74) is 3.47. The van der Waals surface area contributed by atoms with Gasteiger partial charge >= 0.3 is 0 Å². The number of aromatic nitrogens is 1. The lowest BCUT2D eigenvalue weighted by atomic mass is 9.83. The summed E-state index contributed by atoms with van der Waals surface area (Å²) in [6.07, 6.45) is 1.06. The molecule has 4 aromatic rings. The van der Waals surface area contributed by atoms with Gasteiger partial charge in [-0.25, -0.2) is 0 Å². The molecule has 0 spiro atoms. The van der Waals surface area contributed by atoms with E-state index in [4.69, 9.17) is 4.42 Å². The topological polar surface area (TPSA) is 75.7 Å². The minimum absolute atomic E-state index is 0.0659. The summed E-state index contributed by atoms with van der Waals surface area (Å²) in [5, 5.41) is 11.3. The molecule has 1 N–H and O–H groups in total. The predicted molar refractivity (Wildman–Crippen MR) is 139 cm³/mol. The number of piperidine rings is 1. The number of halogens is 1. The number of pyridine rings is 1. The SMILES string of the molecule is Cc1oc2c(CN3C[C@H]4C[C@@H](C3)c3cccc(=O)n3C4)c(O)ccc2c(=O)c1-c1ccc(Br)cc1. The number of benzene rings is 2. The van der Waals surface area contributed by atoms with Crippen molar-refractivity contribution in [1.29, 1.82) is 0 Å². The van der Waals surface area contributed by atoms with Gasteiger partial charge in [0, 0.05) is 48.3 Å². The maximum absolute atomic E-state index is 13.5. The first-order chi connectivity index (χ1) is 16.9. The lowest BCUT2D eigenvalue weighted by Crippen LogP contribution is -2.46. The lowest BCUT2D eigenvalue weighted by Gasteiger charge is -2.42. The largest absolute Gasteiger partial charge is 0.507 e. The highest BCUT2D eigenvalue weighted by molar-refractivity contribution is 9.10. The molecule has 0 radical (unpaired) electrons. The van der Waals surface area contributed by atoms with E-state index in [2.05, 4.69) is 20.8 Å². The molecule has 2 aliphatic heterocycles. The van der Waals surface area contributed by atoms with Crippen molar-refractivity contribution in [1.82, 2.24) is 9.47 Å². The Kier molecular flexibility index (Phi) is 5.42. The standard InChI is InChI=1S/C28H25BrN2O4/c1-16-26(18-5-7-20(29)8-6-18)27(34)21-9-10-24(32)22(28(21)35-16)15-30-12-17-11-19(14-30)23-3-2-4-25(33)31(23)13-17/h2-10,17,19,32H,11-15H2,1H3/t17-,19+/m1/s1. The number of phenols is 1. The average molecular weight is 533 g/mol. The van der Waals surface area contributed by atoms with Crippen molar-refractivity contribution in [3.05, 3.63) is 96.7 Å². The van der Waals surface area contributed by atoms with Crippen molar-refractivity contribution in [2.75, 3.05) is 13.1 Å². The first-order valence-electron chi connectivity index (χ1n) is 11.9. The highest BCUT2D eigenvalue weighted by Crippen LogP contribution is 2.37. The zero-order chi connectivity index (χ0) is 24.3. The smallest absolute Gasteiger partial charge is 0.250 e. The summed E-state index contributed by atoms with van der Waals surface area (Å²) < 4.78 is 9.09. The van der Waals surface area contributed by atoms with Crippen LogP contribution in [0, 0.1) is 12.8 Å². The fourth-order valence-corrected chi connectivity index (χ4v) is 6.13. The average Bonchev–Trinajstić information content (AvgIpc) is 2.83. The van der Waals surface area contributed by atoms with E-state index in [1.807, 2.05) is 41.0 Å². The number of likely N-dealkylation sites (tertiary alicyclic amines) is 1. The first-order valence-corrected chi connectivity index (χ1v) is 12.6. The molecule has 2 atom stereocenters. The number of phenolic OH excluding ortho intramolecular Hbond substituents is 1. The molecular formula is C28H25BrN2O4. The molecule has 35 heavy (non-hydrogen) atoms. The van der Waals surface area contributed by atoms with Crippen LogP contribution in [0.1, 0.15) is 29.4 Å². The molecule has 2 aromatic heterocycles. The van der Waals surface area contributed by atoms with Crippen molar-refractivity contribution in [3.8, 4) is 16.9 Å². The number of rotatable bonds is 3. The van der Waals surface area contributed by atoms with Crippen LogP contribution in [0.25, 0.3) is 22.1 Å². The second-order valence-corrected chi connectivity index (χ2v) is 10.6. The van der Waals surface area contributed by atoms with Crippen LogP contribution >= 0.6 is 15.9 Å². The van der Waals surface area contributed by atoms with Gasteiger partial charge in [0.2, 0.25) is 5.43 Å². The van der Waals surface area contributed by atoms with Crippen LogP contribution in [-0.4, -0.2) is 27.7 Å². The zero-order valence-corrected chi connectivity index (χ0v) is 20.9. The maximum Gasteiger partial charge on any atom is 0.250 e. The molecule has 0 amide bonds. The van der Waals surface area contributed by atoms with Crippen molar-refractivity contribution in [2.24, 2.45) is 5.92 Å². The molecule has 0 saturated carbocycles. The van der Waals surface area contributed by atoms with Gasteiger partial charge in [0.1, 0.15) is 17.1 Å². The van der Waals surface area contributed by atoms with Crippen LogP contribution in [0.2, 0.25) is 0 Å². The fourth-order valence-electron chi connectivity index (χ4n) is 5.86. The summed E-state index contributed by atoms with van der Waals surface area (Å²) in [6.45, 7) is 4.61. The summed E-state index contributed by atoms with van der Waals surface area (Å²) in [7, 11) is 0. The van der Waals surface area contributed by atoms with E-state index in [-0.39, 0.29) is 22.7 Å². The summed E-state index contributed by atoms with van der Waals surface area (Å²) >= 11 is 3.44. The molecule has 178 valence electrons. The van der Waals surface area contributed by atoms with Gasteiger partial charge in [0.25, 0.3) is 5.56 Å². The van der Waals surface area contributed by atoms with Gasteiger partial charge in [-0.2, -0.15) is 0 Å². The van der Waals surface area contributed by atoms with E-state index in [1.54, 1.807) is 25.1 Å². The number of hydrogen-bond donors (Lipinski definition) is 1. The summed E-state index contributed by atoms with van der Waals surface area (Å²) in [6, 6.07) is 16.4. The minimum atomic E-state index is -0.101. The van der Waals surface area contributed by atoms with Crippen molar-refractivity contribution in [2.45, 2.75) is 32.4 Å². The van der Waals surface area contributed by atoms with Crippen LogP contribution in [0.15, 0.2) is 73.1 Å². The lowest BCUT2D eigenvalue weighted by molar-refractivity contribution is 0.113. The van der Waals surface area contributed by atoms with Crippen molar-refractivity contribution >= 4 is 26.9 Å². The highest BCUT2D eigenvalue weighted by Gasteiger charge is 2.35. The van der Waals surface area contributed by atoms with Gasteiger partial charge in [0.05, 0.1) is 16.5 Å². The van der Waals surface area contributed by atoms with Gasteiger partial charge in [-0.05, 0) is 55.2 Å². The van der Waals surface area contributed by atoms with Crippen molar-refractivity contribution < 1.29 is 9.52 Å². The molecule has 0 aliphatic carbocycles. The van der Waals surface area contributed by atoms with E-state index >= 15 is 0 Å². The molecule has 2 bridgehead atoms. The third-order valence-electron chi connectivity index (χ3n) is 7.38. The molecule has 6 rings (SSSR count). The van der Waals surface area contributed by atoms with Gasteiger partial charge in [-0.3, -0.25) is 14.5 Å². The van der Waals surface area contributed by atoms with Gasteiger partial charge in [-0.15, -0.1) is 0 Å². The van der Waals surface area contributed by atoms with Crippen LogP contribution in [0.4, 0.5) is 0 Å². The quantitative estimate of drug-likeness (QED) is 0.401. The molecule has 4 heterocycles. The molecule has 6 nitrogen and oxygen atoms in total. The van der Waals surface area contributed by atoms with Gasteiger partial charge < -0.3 is 14.1 Å². The Hall–Kier alpha value is -3.16. The monoisotopic (exact) mass is 532 g/mol. The van der Waals surface area contributed by atoms with Crippen LogP contribution < -0.4 is 11.0 Å². The molecule has 2 aliphatic rings. The van der Waals surface area contributed by atoms with Gasteiger partial charge in [0.15, 0.2) is 0 Å². The Balaban J connectivity index is 1.38.